The van der Waals surface area contributed by atoms with E-state index in [9.17, 15) is 9.59 Å². The number of thioether (sulfide) groups is 1. The van der Waals surface area contributed by atoms with Crippen LogP contribution in [-0.4, -0.2) is 34.6 Å². The summed E-state index contributed by atoms with van der Waals surface area (Å²) < 4.78 is 0. The smallest absolute Gasteiger partial charge is 0.232 e. The molecule has 3 nitrogen and oxygen atoms in total. The highest BCUT2D eigenvalue weighted by atomic mass is 32.2. The molecular weight excluding hydrogens is 306 g/mol. The van der Waals surface area contributed by atoms with Crippen molar-refractivity contribution in [3.05, 3.63) is 71.3 Å². The van der Waals surface area contributed by atoms with Gasteiger partial charge in [0.15, 0.2) is 5.78 Å². The van der Waals surface area contributed by atoms with Crippen LogP contribution in [-0.2, 0) is 17.8 Å². The van der Waals surface area contributed by atoms with E-state index in [1.165, 1.54) is 22.9 Å². The van der Waals surface area contributed by atoms with E-state index in [0.717, 1.165) is 13.0 Å². The van der Waals surface area contributed by atoms with Crippen LogP contribution in [0.5, 0.6) is 0 Å². The van der Waals surface area contributed by atoms with Gasteiger partial charge in [0, 0.05) is 18.7 Å². The van der Waals surface area contributed by atoms with Gasteiger partial charge >= 0.3 is 0 Å². The normalized spacial score (nSPS) is 13.5. The van der Waals surface area contributed by atoms with E-state index in [2.05, 4.69) is 12.1 Å². The molecule has 0 spiro atoms. The molecule has 23 heavy (non-hydrogen) atoms. The fourth-order valence-corrected chi connectivity index (χ4v) is 3.55. The third kappa shape index (κ3) is 4.02. The molecule has 1 amide bonds. The molecule has 0 N–H and O–H groups in total. The molecule has 1 heterocycles. The fourth-order valence-electron chi connectivity index (χ4n) is 2.74. The minimum absolute atomic E-state index is 0.0763. The summed E-state index contributed by atoms with van der Waals surface area (Å²) in [6.07, 6.45) is 0.912. The monoisotopic (exact) mass is 325 g/mol. The number of ketones is 1. The predicted molar refractivity (Wildman–Crippen MR) is 93.7 cm³/mol. The highest BCUT2D eigenvalue weighted by Gasteiger charge is 2.20. The van der Waals surface area contributed by atoms with Gasteiger partial charge in [0.1, 0.15) is 0 Å². The van der Waals surface area contributed by atoms with Crippen LogP contribution in [0.3, 0.4) is 0 Å². The topological polar surface area (TPSA) is 37.4 Å². The SMILES string of the molecule is O=C(CSCC(=O)N1CCc2ccccc2C1)c1ccccc1. The molecule has 0 fully saturated rings. The molecule has 0 atom stereocenters. The van der Waals surface area contributed by atoms with Gasteiger partial charge in [0.2, 0.25) is 5.91 Å². The molecule has 0 aromatic heterocycles. The number of benzene rings is 2. The first-order chi connectivity index (χ1) is 11.2. The lowest BCUT2D eigenvalue weighted by Crippen LogP contribution is -2.37. The third-order valence-corrected chi connectivity index (χ3v) is 4.96. The number of nitrogens with zero attached hydrogens (tertiary/aromatic N) is 1. The Hall–Kier alpha value is -2.07. The summed E-state index contributed by atoms with van der Waals surface area (Å²) in [6.45, 7) is 1.45. The zero-order valence-corrected chi connectivity index (χ0v) is 13.7. The van der Waals surface area contributed by atoms with Gasteiger partial charge in [-0.15, -0.1) is 11.8 Å². The highest BCUT2D eigenvalue weighted by Crippen LogP contribution is 2.19. The van der Waals surface area contributed by atoms with Crippen molar-refractivity contribution < 1.29 is 9.59 Å². The second-order valence-electron chi connectivity index (χ2n) is 5.62. The van der Waals surface area contributed by atoms with Gasteiger partial charge in [-0.2, -0.15) is 0 Å². The van der Waals surface area contributed by atoms with E-state index in [1.54, 1.807) is 0 Å². The molecule has 2 aromatic rings. The average molecular weight is 325 g/mol. The maximum atomic E-state index is 12.3. The maximum Gasteiger partial charge on any atom is 0.232 e. The van der Waals surface area contributed by atoms with Gasteiger partial charge in [-0.3, -0.25) is 9.59 Å². The molecule has 1 aliphatic heterocycles. The Bertz CT molecular complexity index is 700. The number of hydrogen-bond acceptors (Lipinski definition) is 3. The zero-order valence-electron chi connectivity index (χ0n) is 12.9. The second-order valence-corrected chi connectivity index (χ2v) is 6.60. The van der Waals surface area contributed by atoms with E-state index < -0.39 is 0 Å². The van der Waals surface area contributed by atoms with Gasteiger partial charge in [-0.1, -0.05) is 54.6 Å². The van der Waals surface area contributed by atoms with Crippen LogP contribution in [0.15, 0.2) is 54.6 Å². The van der Waals surface area contributed by atoms with Crippen molar-refractivity contribution in [2.45, 2.75) is 13.0 Å². The molecule has 4 heteroatoms. The molecule has 0 saturated carbocycles. The van der Waals surface area contributed by atoms with Crippen molar-refractivity contribution in [1.82, 2.24) is 4.90 Å². The minimum atomic E-state index is 0.0763. The van der Waals surface area contributed by atoms with Crippen LogP contribution in [0.1, 0.15) is 21.5 Å². The van der Waals surface area contributed by atoms with E-state index in [0.29, 0.717) is 23.6 Å². The Morgan fingerprint density at radius 3 is 2.39 bits per heavy atom. The van der Waals surface area contributed by atoms with E-state index in [-0.39, 0.29) is 11.7 Å². The van der Waals surface area contributed by atoms with Crippen LogP contribution in [0.25, 0.3) is 0 Å². The van der Waals surface area contributed by atoms with E-state index >= 15 is 0 Å². The Kier molecular flexibility index (Phi) is 5.13. The van der Waals surface area contributed by atoms with Crippen LogP contribution < -0.4 is 0 Å². The molecule has 0 unspecified atom stereocenters. The Morgan fingerprint density at radius 2 is 1.61 bits per heavy atom. The number of hydrogen-bond donors (Lipinski definition) is 0. The summed E-state index contributed by atoms with van der Waals surface area (Å²) in [5.74, 6) is 0.902. The molecule has 118 valence electrons. The van der Waals surface area contributed by atoms with Gasteiger partial charge in [0.25, 0.3) is 0 Å². The third-order valence-electron chi connectivity index (χ3n) is 4.04. The summed E-state index contributed by atoms with van der Waals surface area (Å²) in [5.41, 5.74) is 3.28. The molecule has 3 rings (SSSR count). The van der Waals surface area contributed by atoms with Crippen molar-refractivity contribution in [2.75, 3.05) is 18.1 Å². The van der Waals surface area contributed by atoms with Crippen LogP contribution in [0.2, 0.25) is 0 Å². The summed E-state index contributed by atoms with van der Waals surface area (Å²) in [5, 5.41) is 0. The van der Waals surface area contributed by atoms with Gasteiger partial charge in [0.05, 0.1) is 11.5 Å². The maximum absolute atomic E-state index is 12.3. The van der Waals surface area contributed by atoms with E-state index in [1.807, 2.05) is 47.4 Å². The van der Waals surface area contributed by atoms with Crippen molar-refractivity contribution in [3.8, 4) is 0 Å². The van der Waals surface area contributed by atoms with Crippen LogP contribution >= 0.6 is 11.8 Å². The van der Waals surface area contributed by atoms with Crippen molar-refractivity contribution in [1.29, 1.82) is 0 Å². The first kappa shape index (κ1) is 15.8. The summed E-state index contributed by atoms with van der Waals surface area (Å²) >= 11 is 1.40. The average Bonchev–Trinajstić information content (AvgIpc) is 2.61. The quantitative estimate of drug-likeness (QED) is 0.792. The number of carbonyl (C=O) groups excluding carboxylic acids is 2. The minimum Gasteiger partial charge on any atom is -0.337 e. The second kappa shape index (κ2) is 7.47. The molecule has 0 aliphatic carbocycles. The zero-order chi connectivity index (χ0) is 16.1. The molecule has 0 radical (unpaired) electrons. The molecule has 1 aliphatic rings. The molecule has 0 bridgehead atoms. The molecular formula is C19H19NO2S. The lowest BCUT2D eigenvalue weighted by atomic mass is 10.00. The standard InChI is InChI=1S/C19H19NO2S/c21-18(16-7-2-1-3-8-16)13-23-14-19(22)20-11-10-15-6-4-5-9-17(15)12-20/h1-9H,10-14H2. The Morgan fingerprint density at radius 1 is 0.913 bits per heavy atom. The number of rotatable bonds is 5. The van der Waals surface area contributed by atoms with Gasteiger partial charge in [-0.05, 0) is 17.5 Å². The first-order valence-corrected chi connectivity index (χ1v) is 8.90. The summed E-state index contributed by atoms with van der Waals surface area (Å²) in [4.78, 5) is 26.2. The Labute approximate surface area is 140 Å². The summed E-state index contributed by atoms with van der Waals surface area (Å²) in [6, 6.07) is 17.5. The lowest BCUT2D eigenvalue weighted by Gasteiger charge is -2.28. The van der Waals surface area contributed by atoms with Crippen molar-refractivity contribution in [2.24, 2.45) is 0 Å². The van der Waals surface area contributed by atoms with Crippen LogP contribution in [0.4, 0.5) is 0 Å². The van der Waals surface area contributed by atoms with Crippen molar-refractivity contribution in [3.63, 3.8) is 0 Å². The fraction of sp³-hybridized carbons (Fsp3) is 0.263. The Balaban J connectivity index is 1.48. The number of amides is 1. The predicted octanol–water partition coefficient (Wildman–Crippen LogP) is 3.19. The first-order valence-electron chi connectivity index (χ1n) is 7.74. The molecule has 2 aromatic carbocycles. The van der Waals surface area contributed by atoms with E-state index in [4.69, 9.17) is 0 Å². The number of carbonyl (C=O) groups is 2. The lowest BCUT2D eigenvalue weighted by molar-refractivity contribution is -0.129. The summed E-state index contributed by atoms with van der Waals surface area (Å²) in [7, 11) is 0. The van der Waals surface area contributed by atoms with Gasteiger partial charge in [-0.25, -0.2) is 0 Å². The largest absolute Gasteiger partial charge is 0.337 e. The molecule has 0 saturated heterocycles. The van der Waals surface area contributed by atoms with Crippen LogP contribution in [0, 0.1) is 0 Å². The number of fused-ring (bicyclic) bond motifs is 1. The highest BCUT2D eigenvalue weighted by molar-refractivity contribution is 8.00. The number of Topliss-reactive ketones (excluding diaryl/α,β-unsaturated/α-hetero) is 1. The van der Waals surface area contributed by atoms with Gasteiger partial charge < -0.3 is 4.90 Å². The van der Waals surface area contributed by atoms with Crippen molar-refractivity contribution >= 4 is 23.5 Å².